The summed E-state index contributed by atoms with van der Waals surface area (Å²) in [6, 6.07) is 5.27. The van der Waals surface area contributed by atoms with Crippen molar-refractivity contribution in [2.24, 2.45) is 0 Å². The Labute approximate surface area is 251 Å². The number of rotatable bonds is 10. The number of piperidine rings is 1. The topological polar surface area (TPSA) is 96.5 Å². The van der Waals surface area contributed by atoms with E-state index in [-0.39, 0.29) is 65.6 Å². The van der Waals surface area contributed by atoms with Gasteiger partial charge in [-0.05, 0) is 25.0 Å². The van der Waals surface area contributed by atoms with Crippen molar-refractivity contribution in [1.82, 2.24) is 14.7 Å². The zero-order valence-electron chi connectivity index (χ0n) is 23.0. The van der Waals surface area contributed by atoms with Crippen LogP contribution in [0.25, 0.3) is 0 Å². The number of methoxy groups -OCH3 is 1. The molecule has 0 aliphatic carbocycles. The van der Waals surface area contributed by atoms with Gasteiger partial charge in [0.2, 0.25) is 5.91 Å². The molecule has 3 rings (SSSR count). The van der Waals surface area contributed by atoms with Gasteiger partial charge in [-0.15, -0.1) is 24.8 Å². The molecule has 1 aromatic rings. The Morgan fingerprint density at radius 3 is 2.50 bits per heavy atom. The first kappa shape index (κ1) is 35.8. The molecule has 0 spiro atoms. The number of hydrogen-bond acceptors (Lipinski definition) is 9. The van der Waals surface area contributed by atoms with Crippen LogP contribution in [0.3, 0.4) is 0 Å². The highest BCUT2D eigenvalue weighted by atomic mass is 35.5. The lowest BCUT2D eigenvalue weighted by atomic mass is 9.97. The van der Waals surface area contributed by atoms with Crippen LogP contribution in [-0.4, -0.2) is 102 Å². The van der Waals surface area contributed by atoms with Crippen molar-refractivity contribution in [2.45, 2.75) is 38.0 Å². The smallest absolute Gasteiger partial charge is 0.327 e. The maximum atomic E-state index is 14.7. The van der Waals surface area contributed by atoms with Gasteiger partial charge in [-0.1, -0.05) is 36.0 Å². The van der Waals surface area contributed by atoms with Crippen molar-refractivity contribution in [1.29, 1.82) is 0 Å². The molecule has 40 heavy (non-hydrogen) atoms. The van der Waals surface area contributed by atoms with E-state index in [9.17, 15) is 23.6 Å². The summed E-state index contributed by atoms with van der Waals surface area (Å²) in [5.74, 6) is -1.39. The van der Waals surface area contributed by atoms with Crippen LogP contribution in [0.2, 0.25) is 0 Å². The van der Waals surface area contributed by atoms with E-state index in [4.69, 9.17) is 9.47 Å². The minimum atomic E-state index is -0.905. The molecule has 13 heteroatoms. The van der Waals surface area contributed by atoms with Crippen molar-refractivity contribution in [2.75, 3.05) is 59.5 Å². The van der Waals surface area contributed by atoms with E-state index in [1.807, 2.05) is 15.9 Å². The molecule has 0 N–H and O–H groups in total. The number of benzene rings is 1. The van der Waals surface area contributed by atoms with E-state index in [1.165, 1.54) is 31.9 Å². The van der Waals surface area contributed by atoms with Gasteiger partial charge in [0, 0.05) is 57.0 Å². The first-order valence-corrected chi connectivity index (χ1v) is 13.7. The minimum Gasteiger partial charge on any atom is -0.468 e. The van der Waals surface area contributed by atoms with Crippen LogP contribution in [0.1, 0.15) is 38.3 Å². The molecule has 2 unspecified atom stereocenters. The number of thioether (sulfide) groups is 1. The maximum absolute atomic E-state index is 14.7. The Hall–Kier alpha value is -2.18. The fourth-order valence-corrected chi connectivity index (χ4v) is 5.72. The molecule has 2 heterocycles. The number of nitrogens with zero attached hydrogens (tertiary/aromatic N) is 3. The molecule has 1 aromatic carbocycles. The van der Waals surface area contributed by atoms with Gasteiger partial charge in [0.1, 0.15) is 11.9 Å². The second kappa shape index (κ2) is 17.6. The number of piperazine rings is 1. The van der Waals surface area contributed by atoms with Crippen LogP contribution in [0.4, 0.5) is 4.39 Å². The highest BCUT2D eigenvalue weighted by molar-refractivity contribution is 8.14. The van der Waals surface area contributed by atoms with Crippen LogP contribution in [0, 0.1) is 5.82 Å². The second-order valence-corrected chi connectivity index (χ2v) is 10.6. The Balaban J connectivity index is 0.00000400. The lowest BCUT2D eigenvalue weighted by Crippen LogP contribution is -2.51. The molecular weight excluding hydrogens is 584 g/mol. The quantitative estimate of drug-likeness (QED) is 0.288. The Morgan fingerprint density at radius 1 is 1.15 bits per heavy atom. The number of esters is 2. The van der Waals surface area contributed by atoms with Gasteiger partial charge in [0.05, 0.1) is 26.7 Å². The van der Waals surface area contributed by atoms with Crippen LogP contribution in [-0.2, 0) is 28.7 Å². The number of likely N-dealkylation sites (tertiary alicyclic amines) is 1. The molecule has 0 radical (unpaired) electrons. The molecule has 9 nitrogen and oxygen atoms in total. The molecule has 2 aliphatic heterocycles. The average Bonchev–Trinajstić information content (AvgIpc) is 2.89. The van der Waals surface area contributed by atoms with Crippen LogP contribution in [0.15, 0.2) is 35.9 Å². The zero-order valence-corrected chi connectivity index (χ0v) is 25.5. The van der Waals surface area contributed by atoms with Crippen LogP contribution < -0.4 is 0 Å². The third-order valence-electron chi connectivity index (χ3n) is 6.68. The molecule has 0 saturated carbocycles. The molecule has 1 amide bonds. The average molecular weight is 623 g/mol. The predicted octanol–water partition coefficient (Wildman–Crippen LogP) is 3.26. The minimum absolute atomic E-state index is 0. The number of halogens is 3. The lowest BCUT2D eigenvalue weighted by molar-refractivity contribution is -0.148. The fourth-order valence-electron chi connectivity index (χ4n) is 4.77. The molecule has 2 aliphatic rings. The van der Waals surface area contributed by atoms with Crippen molar-refractivity contribution < 1.29 is 33.0 Å². The summed E-state index contributed by atoms with van der Waals surface area (Å²) in [7, 11) is 1.29. The van der Waals surface area contributed by atoms with Gasteiger partial charge < -0.3 is 14.4 Å². The van der Waals surface area contributed by atoms with Gasteiger partial charge in [0.25, 0.3) is 0 Å². The fraction of sp³-hybridized carbons (Fsp3) is 0.556. The van der Waals surface area contributed by atoms with Gasteiger partial charge in [0.15, 0.2) is 5.12 Å². The predicted molar refractivity (Wildman–Crippen MR) is 156 cm³/mol. The van der Waals surface area contributed by atoms with Gasteiger partial charge in [-0.3, -0.25) is 24.2 Å². The normalized spacial score (nSPS) is 19.8. The van der Waals surface area contributed by atoms with Crippen molar-refractivity contribution in [3.05, 3.63) is 47.3 Å². The highest BCUT2D eigenvalue weighted by Gasteiger charge is 2.36. The summed E-state index contributed by atoms with van der Waals surface area (Å²) in [6.45, 7) is 6.67. The Kier molecular flexibility index (Phi) is 15.8. The highest BCUT2D eigenvalue weighted by Crippen LogP contribution is 2.34. The first-order valence-electron chi connectivity index (χ1n) is 12.8. The third kappa shape index (κ3) is 10.0. The summed E-state index contributed by atoms with van der Waals surface area (Å²) in [4.78, 5) is 54.5. The van der Waals surface area contributed by atoms with E-state index in [0.717, 1.165) is 5.57 Å². The number of ether oxygens (including phenoxy) is 2. The third-order valence-corrected chi connectivity index (χ3v) is 7.83. The molecule has 2 saturated heterocycles. The number of hydrogen-bond donors (Lipinski definition) is 0. The van der Waals surface area contributed by atoms with E-state index < -0.39 is 17.8 Å². The SMILES string of the molecule is CCOC(=O)CCN1CCN(C/C=C2/CN(C(C(=O)OC)c3ccccc3F)CCC2SC(C)=O)CC1=O.Cl.Cl. The summed E-state index contributed by atoms with van der Waals surface area (Å²) < 4.78 is 24.6. The van der Waals surface area contributed by atoms with Crippen molar-refractivity contribution in [3.63, 3.8) is 0 Å². The molecule has 2 atom stereocenters. The Bertz CT molecular complexity index is 1060. The number of carbonyl (C=O) groups is 4. The molecule has 0 aromatic heterocycles. The monoisotopic (exact) mass is 621 g/mol. The molecule has 0 bridgehead atoms. The molecule has 2 fully saturated rings. The second-order valence-electron chi connectivity index (χ2n) is 9.25. The van der Waals surface area contributed by atoms with Gasteiger partial charge in [-0.25, -0.2) is 9.18 Å². The van der Waals surface area contributed by atoms with Crippen molar-refractivity contribution in [3.8, 4) is 0 Å². The zero-order chi connectivity index (χ0) is 27.7. The Morgan fingerprint density at radius 2 is 1.88 bits per heavy atom. The summed E-state index contributed by atoms with van der Waals surface area (Å²) in [6.07, 6.45) is 2.80. The lowest BCUT2D eigenvalue weighted by Gasteiger charge is -2.38. The largest absolute Gasteiger partial charge is 0.468 e. The van der Waals surface area contributed by atoms with Crippen molar-refractivity contribution >= 4 is 59.5 Å². The van der Waals surface area contributed by atoms with E-state index >= 15 is 0 Å². The number of amides is 1. The standard InChI is InChI=1S/C27H36FN3O6S.2ClH/c1-4-37-25(34)11-14-30-16-15-29(18-24(30)33)12-9-20-17-31(13-10-23(20)38-19(2)32)26(27(35)36-3)21-7-5-6-8-22(21)28;;/h5-9,23,26H,4,10-18H2,1-3H3;2*1H/b20-9-;;. The van der Waals surface area contributed by atoms with E-state index in [2.05, 4.69) is 0 Å². The molecule has 224 valence electrons. The van der Waals surface area contributed by atoms with Gasteiger partial charge >= 0.3 is 11.9 Å². The molecular formula is C27H38Cl2FN3O6S. The van der Waals surface area contributed by atoms with E-state index in [0.29, 0.717) is 52.3 Å². The van der Waals surface area contributed by atoms with Gasteiger partial charge in [-0.2, -0.15) is 0 Å². The maximum Gasteiger partial charge on any atom is 0.327 e. The first-order chi connectivity index (χ1) is 18.2. The van der Waals surface area contributed by atoms with E-state index in [1.54, 1.807) is 30.0 Å². The van der Waals surface area contributed by atoms with Crippen LogP contribution in [0.5, 0.6) is 0 Å². The van der Waals surface area contributed by atoms with Crippen LogP contribution >= 0.6 is 36.6 Å². The summed E-state index contributed by atoms with van der Waals surface area (Å²) in [5, 5.41) is -0.0670. The number of carbonyl (C=O) groups excluding carboxylic acids is 4. The summed E-state index contributed by atoms with van der Waals surface area (Å²) >= 11 is 1.25. The summed E-state index contributed by atoms with van der Waals surface area (Å²) in [5.41, 5.74) is 1.21.